The smallest absolute Gasteiger partial charge is 0.326 e. The number of amides is 2. The zero-order chi connectivity index (χ0) is 31.7. The largest absolute Gasteiger partial charge is 0.480 e. The normalized spacial score (nSPS) is 36.9. The van der Waals surface area contributed by atoms with Gasteiger partial charge in [0, 0.05) is 24.7 Å². The third-order valence-corrected chi connectivity index (χ3v) is 10.0. The minimum atomic E-state index is -1.13. The molecule has 12 nitrogen and oxygen atoms in total. The van der Waals surface area contributed by atoms with E-state index in [1.54, 1.807) is 6.92 Å². The van der Waals surface area contributed by atoms with Crippen LogP contribution in [0, 0.1) is 35.5 Å². The van der Waals surface area contributed by atoms with Crippen molar-refractivity contribution < 1.29 is 48.3 Å². The van der Waals surface area contributed by atoms with Gasteiger partial charge in [0.15, 0.2) is 11.9 Å². The number of hydrogen-bond acceptors (Lipinski definition) is 9. The van der Waals surface area contributed by atoms with Gasteiger partial charge in [-0.2, -0.15) is 0 Å². The van der Waals surface area contributed by atoms with Crippen LogP contribution in [0.4, 0.5) is 0 Å². The molecule has 244 valence electrons. The Kier molecular flexibility index (Phi) is 10.5. The van der Waals surface area contributed by atoms with Gasteiger partial charge in [-0.15, -0.1) is 0 Å². The number of fused-ring (bicyclic) bond motifs is 2. The lowest BCUT2D eigenvalue weighted by molar-refractivity contribution is -0.576. The van der Waals surface area contributed by atoms with Crippen molar-refractivity contribution in [2.24, 2.45) is 35.5 Å². The van der Waals surface area contributed by atoms with E-state index in [1.807, 2.05) is 34.6 Å². The molecule has 0 radical (unpaired) electrons. The zero-order valence-corrected chi connectivity index (χ0v) is 26.6. The van der Waals surface area contributed by atoms with E-state index in [-0.39, 0.29) is 42.4 Å². The van der Waals surface area contributed by atoms with Crippen LogP contribution in [0.1, 0.15) is 99.8 Å². The molecule has 4 saturated heterocycles. The number of carboxylic acids is 1. The van der Waals surface area contributed by atoms with Gasteiger partial charge in [0.1, 0.15) is 12.1 Å². The van der Waals surface area contributed by atoms with Crippen LogP contribution < -0.4 is 10.6 Å². The van der Waals surface area contributed by atoms with E-state index in [2.05, 4.69) is 17.6 Å². The predicted octanol–water partition coefficient (Wildman–Crippen LogP) is 3.66. The van der Waals surface area contributed by atoms with E-state index in [9.17, 15) is 24.3 Å². The number of carbonyl (C=O) groups excluding carboxylic acids is 3. The highest BCUT2D eigenvalue weighted by molar-refractivity contribution is 5.91. The van der Waals surface area contributed by atoms with Crippen molar-refractivity contribution in [1.29, 1.82) is 0 Å². The van der Waals surface area contributed by atoms with Crippen molar-refractivity contribution >= 4 is 23.8 Å². The lowest BCUT2D eigenvalue weighted by Gasteiger charge is -2.59. The molecule has 11 atom stereocenters. The molecule has 1 saturated carbocycles. The summed E-state index contributed by atoms with van der Waals surface area (Å²) < 4.78 is 18.4. The number of esters is 1. The Morgan fingerprint density at radius 2 is 1.72 bits per heavy atom. The zero-order valence-electron chi connectivity index (χ0n) is 26.6. The molecule has 0 aromatic rings. The summed E-state index contributed by atoms with van der Waals surface area (Å²) in [5.41, 5.74) is -0.767. The molecule has 1 spiro atoms. The van der Waals surface area contributed by atoms with Gasteiger partial charge in [0.2, 0.25) is 23.9 Å². The molecule has 4 heterocycles. The monoisotopic (exact) mass is 610 g/mol. The molecule has 5 aliphatic rings. The summed E-state index contributed by atoms with van der Waals surface area (Å²) in [4.78, 5) is 62.4. The van der Waals surface area contributed by atoms with Gasteiger partial charge < -0.3 is 30.0 Å². The Balaban J connectivity index is 1.35. The molecule has 0 aromatic heterocycles. The van der Waals surface area contributed by atoms with Gasteiger partial charge in [-0.1, -0.05) is 48.0 Å². The average molecular weight is 611 g/mol. The number of carboxylic acid groups (broad SMARTS) is 1. The number of aliphatic carboxylic acids is 1. The van der Waals surface area contributed by atoms with E-state index in [1.165, 1.54) is 0 Å². The highest BCUT2D eigenvalue weighted by Crippen LogP contribution is 2.60. The fourth-order valence-electron chi connectivity index (χ4n) is 7.32. The van der Waals surface area contributed by atoms with Gasteiger partial charge >= 0.3 is 11.9 Å². The standard InChI is InChI=1S/C31H50N2O10/c1-8-17(4)25(27(37)38)33-26(36)22(15-16(2)3)32-23(34)11-12-24(35)39-28-19(6)21-10-9-18(5)20-13-14-30(7)41-29(40-28)31(20,21)43-42-30/h16-22,25,28-29H,8-15H2,1-7H3,(H,32,34)(H,33,36)(H,37,38)/t17-,18-,19-,20+,21+,22-,25+,28+,29+,30-,31+/m1/s1. The van der Waals surface area contributed by atoms with E-state index >= 15 is 0 Å². The van der Waals surface area contributed by atoms with Crippen LogP contribution in [0.15, 0.2) is 0 Å². The molecule has 4 aliphatic heterocycles. The second-order valence-corrected chi connectivity index (χ2v) is 13.7. The number of rotatable bonds is 12. The van der Waals surface area contributed by atoms with Crippen LogP contribution in [0.3, 0.4) is 0 Å². The first-order valence-corrected chi connectivity index (χ1v) is 15.9. The Morgan fingerprint density at radius 1 is 1.00 bits per heavy atom. The fourth-order valence-corrected chi connectivity index (χ4v) is 7.32. The highest BCUT2D eigenvalue weighted by atomic mass is 17.3. The fraction of sp³-hybridized carbons (Fsp3) is 0.871. The quantitative estimate of drug-likeness (QED) is 0.220. The Bertz CT molecular complexity index is 1050. The summed E-state index contributed by atoms with van der Waals surface area (Å²) in [7, 11) is 0. The number of ether oxygens (including phenoxy) is 3. The maximum Gasteiger partial charge on any atom is 0.326 e. The molecule has 5 fully saturated rings. The summed E-state index contributed by atoms with van der Waals surface area (Å²) in [6.45, 7) is 13.4. The van der Waals surface area contributed by atoms with Crippen molar-refractivity contribution in [3.05, 3.63) is 0 Å². The van der Waals surface area contributed by atoms with Gasteiger partial charge in [0.25, 0.3) is 0 Å². The van der Waals surface area contributed by atoms with Crippen LogP contribution >= 0.6 is 0 Å². The van der Waals surface area contributed by atoms with E-state index in [0.29, 0.717) is 25.2 Å². The third kappa shape index (κ3) is 7.02. The van der Waals surface area contributed by atoms with Gasteiger partial charge in [-0.25, -0.2) is 14.6 Å². The van der Waals surface area contributed by atoms with E-state index in [0.717, 1.165) is 19.3 Å². The Morgan fingerprint density at radius 3 is 2.37 bits per heavy atom. The van der Waals surface area contributed by atoms with Gasteiger partial charge in [0.05, 0.1) is 6.42 Å². The van der Waals surface area contributed by atoms with Crippen molar-refractivity contribution in [1.82, 2.24) is 10.6 Å². The molecule has 43 heavy (non-hydrogen) atoms. The Hall–Kier alpha value is -2.28. The molecule has 2 amide bonds. The van der Waals surface area contributed by atoms with Crippen LogP contribution in [0.5, 0.6) is 0 Å². The maximum absolute atomic E-state index is 13.0. The minimum Gasteiger partial charge on any atom is -0.480 e. The molecule has 1 aliphatic carbocycles. The van der Waals surface area contributed by atoms with Crippen LogP contribution in [0.25, 0.3) is 0 Å². The van der Waals surface area contributed by atoms with Gasteiger partial charge in [-0.05, 0) is 56.3 Å². The molecule has 0 aromatic carbocycles. The second-order valence-electron chi connectivity index (χ2n) is 13.7. The van der Waals surface area contributed by atoms with E-state index in [4.69, 9.17) is 24.0 Å². The van der Waals surface area contributed by atoms with Gasteiger partial charge in [-0.3, -0.25) is 14.4 Å². The van der Waals surface area contributed by atoms with Crippen molar-refractivity contribution in [3.8, 4) is 0 Å². The van der Waals surface area contributed by atoms with Crippen molar-refractivity contribution in [2.45, 2.75) is 136 Å². The van der Waals surface area contributed by atoms with E-state index < -0.39 is 59.8 Å². The van der Waals surface area contributed by atoms with Crippen molar-refractivity contribution in [2.75, 3.05) is 0 Å². The highest BCUT2D eigenvalue weighted by Gasteiger charge is 2.69. The first kappa shape index (κ1) is 33.6. The summed E-state index contributed by atoms with van der Waals surface area (Å²) >= 11 is 0. The lowest BCUT2D eigenvalue weighted by Crippen LogP contribution is -2.70. The molecule has 2 bridgehead atoms. The molecule has 0 unspecified atom stereocenters. The molecule has 12 heteroatoms. The maximum atomic E-state index is 13.0. The van der Waals surface area contributed by atoms with Crippen LogP contribution in [-0.4, -0.2) is 64.9 Å². The Labute approximate surface area is 254 Å². The molecule has 5 rings (SSSR count). The summed E-state index contributed by atoms with van der Waals surface area (Å²) in [5.74, 6) is -3.55. The first-order chi connectivity index (χ1) is 20.2. The topological polar surface area (TPSA) is 159 Å². The average Bonchev–Trinajstić information content (AvgIpc) is 3.17. The van der Waals surface area contributed by atoms with Crippen LogP contribution in [0.2, 0.25) is 0 Å². The second kappa shape index (κ2) is 13.4. The summed E-state index contributed by atoms with van der Waals surface area (Å²) in [5, 5.41) is 14.8. The molecule has 3 N–H and O–H groups in total. The van der Waals surface area contributed by atoms with Crippen molar-refractivity contribution in [3.63, 3.8) is 0 Å². The molecular weight excluding hydrogens is 560 g/mol. The number of carbonyl (C=O) groups is 4. The number of hydrogen-bond donors (Lipinski definition) is 3. The number of nitrogens with one attached hydrogen (secondary N) is 2. The summed E-state index contributed by atoms with van der Waals surface area (Å²) in [6.07, 6.45) is 2.31. The minimum absolute atomic E-state index is 0.00319. The summed E-state index contributed by atoms with van der Waals surface area (Å²) in [6, 6.07) is -1.99. The van der Waals surface area contributed by atoms with Crippen LogP contribution in [-0.2, 0) is 43.2 Å². The molecular formula is C31H50N2O10. The predicted molar refractivity (Wildman–Crippen MR) is 153 cm³/mol. The SMILES string of the molecule is CC[C@@H](C)[C@H](NC(=O)[C@@H](CC(C)C)NC(=O)CCC(=O)O[C@H]1O[C@H]2O[C@@]3(C)CC[C@H]4[C@H](C)CC[C@@H]([C@H]1C)[C@]24OO3)C(=O)O. The third-order valence-electron chi connectivity index (χ3n) is 10.0. The first-order valence-electron chi connectivity index (χ1n) is 15.9. The lowest BCUT2D eigenvalue weighted by atomic mass is 9.58.